The molecule has 0 saturated carbocycles. The molecular formula is C28H30N4O10. The van der Waals surface area contributed by atoms with Crippen LogP contribution in [0.3, 0.4) is 0 Å². The van der Waals surface area contributed by atoms with Crippen LogP contribution in [0.1, 0.15) is 22.8 Å². The molecule has 0 fully saturated rings. The number of esters is 1. The van der Waals surface area contributed by atoms with Crippen molar-refractivity contribution in [3.63, 3.8) is 0 Å². The summed E-state index contributed by atoms with van der Waals surface area (Å²) in [6, 6.07) is 13.1. The second kappa shape index (κ2) is 18.5. The summed E-state index contributed by atoms with van der Waals surface area (Å²) in [6.45, 7) is 2.76. The molecule has 0 spiro atoms. The quantitative estimate of drug-likeness (QED) is 0.0746. The number of rotatable bonds is 11. The first-order chi connectivity index (χ1) is 20.0. The van der Waals surface area contributed by atoms with Crippen molar-refractivity contribution in [2.24, 2.45) is 10.7 Å². The number of nitrogens with one attached hydrogen (secondary N) is 2. The maximum Gasteiger partial charge on any atom is 0.338 e. The van der Waals surface area contributed by atoms with Crippen LogP contribution in [0.25, 0.3) is 10.9 Å². The number of carbonyl (C=O) groups is 5. The maximum atomic E-state index is 11.6. The fraction of sp³-hybridized carbons (Fsp3) is 0.143. The normalized spacial score (nSPS) is 10.5. The van der Waals surface area contributed by atoms with Crippen molar-refractivity contribution in [3.8, 4) is 0 Å². The second-order valence-corrected chi connectivity index (χ2v) is 7.80. The van der Waals surface area contributed by atoms with Crippen molar-refractivity contribution in [1.29, 1.82) is 0 Å². The van der Waals surface area contributed by atoms with Crippen LogP contribution in [0.2, 0.25) is 0 Å². The van der Waals surface area contributed by atoms with Crippen LogP contribution in [0.4, 0.5) is 11.4 Å². The Hall–Kier alpha value is -5.76. The Labute approximate surface area is 239 Å². The van der Waals surface area contributed by atoms with E-state index in [1.165, 1.54) is 5.56 Å². The molecule has 0 amide bonds. The van der Waals surface area contributed by atoms with E-state index in [0.717, 1.165) is 28.7 Å². The maximum absolute atomic E-state index is 11.6. The highest BCUT2D eigenvalue weighted by molar-refractivity contribution is 5.91. The third-order valence-corrected chi connectivity index (χ3v) is 4.74. The minimum atomic E-state index is -1.26. The zero-order valence-corrected chi connectivity index (χ0v) is 22.4. The van der Waals surface area contributed by atoms with E-state index in [1.54, 1.807) is 37.5 Å². The van der Waals surface area contributed by atoms with Crippen LogP contribution in [0.5, 0.6) is 0 Å². The molecule has 3 aromatic rings. The van der Waals surface area contributed by atoms with E-state index in [1.807, 2.05) is 18.3 Å². The molecule has 0 saturated heterocycles. The number of hydrogen-bond donors (Lipinski definition) is 7. The third-order valence-electron chi connectivity index (χ3n) is 4.74. The van der Waals surface area contributed by atoms with E-state index >= 15 is 0 Å². The monoisotopic (exact) mass is 582 g/mol. The minimum absolute atomic E-state index is 0.325. The molecule has 14 nitrogen and oxygen atoms in total. The average Bonchev–Trinajstić information content (AvgIpc) is 3.34. The molecular weight excluding hydrogens is 552 g/mol. The number of anilines is 1. The van der Waals surface area contributed by atoms with Crippen LogP contribution in [0, 0.1) is 0 Å². The lowest BCUT2D eigenvalue weighted by Crippen LogP contribution is -2.03. The highest BCUT2D eigenvalue weighted by atomic mass is 16.5. The largest absolute Gasteiger partial charge is 0.478 e. The number of aliphatic carboxylic acids is 4. The lowest BCUT2D eigenvalue weighted by molar-refractivity contribution is -0.134. The Kier molecular flexibility index (Phi) is 15.1. The van der Waals surface area contributed by atoms with Crippen LogP contribution < -0.4 is 11.1 Å². The van der Waals surface area contributed by atoms with Gasteiger partial charge in [0.05, 0.1) is 24.2 Å². The number of carbonyl (C=O) groups excluding carboxylic acids is 1. The number of fused-ring (bicyclic) bond motifs is 1. The standard InChI is InChI=1S/C20H22N4O2.2C4H4O4/c1-2-26-20(25)14-3-5-16(6-4-14)23-13-24-17-7-8-19-18(11-17)15(9-10-21)12-22-19;2*5-3(6)1-2-4(7)8/h3-8,11-13,22H,2,9-10,21H2,1H3,(H,23,24);2*1-2H,(H,5,6)(H,7,8)/b;2*2-1-. The van der Waals surface area contributed by atoms with Gasteiger partial charge in [-0.3, -0.25) is 0 Å². The summed E-state index contributed by atoms with van der Waals surface area (Å²) in [5.74, 6) is -5.35. The Balaban J connectivity index is 0.000000454. The molecule has 42 heavy (non-hydrogen) atoms. The van der Waals surface area contributed by atoms with Gasteiger partial charge < -0.3 is 41.2 Å². The summed E-state index contributed by atoms with van der Waals surface area (Å²) in [4.78, 5) is 57.5. The number of nitrogens with zero attached hydrogens (tertiary/aromatic N) is 1. The number of nitrogens with two attached hydrogens (primary N) is 1. The van der Waals surface area contributed by atoms with E-state index in [-0.39, 0.29) is 5.97 Å². The second-order valence-electron chi connectivity index (χ2n) is 7.80. The molecule has 3 rings (SSSR count). The lowest BCUT2D eigenvalue weighted by atomic mass is 10.1. The van der Waals surface area contributed by atoms with Crippen molar-refractivity contribution in [3.05, 3.63) is 84.1 Å². The van der Waals surface area contributed by atoms with Crippen molar-refractivity contribution in [1.82, 2.24) is 4.98 Å². The number of benzene rings is 2. The number of aromatic amines is 1. The van der Waals surface area contributed by atoms with Gasteiger partial charge >= 0.3 is 29.8 Å². The topological polar surface area (TPSA) is 242 Å². The first kappa shape index (κ1) is 34.3. The summed E-state index contributed by atoms with van der Waals surface area (Å²) >= 11 is 0. The number of ether oxygens (including phenoxy) is 1. The fourth-order valence-corrected chi connectivity index (χ4v) is 3.00. The SMILES string of the molecule is CCOC(=O)c1ccc(N=CNc2ccc3[nH]cc(CCN)c3c2)cc1.O=C(O)/C=C\C(=O)O.O=C(O)/C=C\C(=O)O. The predicted octanol–water partition coefficient (Wildman–Crippen LogP) is 3.04. The van der Waals surface area contributed by atoms with Gasteiger partial charge in [-0.15, -0.1) is 0 Å². The zero-order chi connectivity index (χ0) is 31.5. The van der Waals surface area contributed by atoms with Gasteiger partial charge in [0.15, 0.2) is 0 Å². The third kappa shape index (κ3) is 13.9. The number of carboxylic acids is 4. The Bertz CT molecular complexity index is 1390. The molecule has 0 bridgehead atoms. The van der Waals surface area contributed by atoms with E-state index in [9.17, 15) is 24.0 Å². The summed E-state index contributed by atoms with van der Waals surface area (Å²) < 4.78 is 4.96. The van der Waals surface area contributed by atoms with Gasteiger partial charge in [0.2, 0.25) is 0 Å². The molecule has 0 radical (unpaired) electrons. The summed E-state index contributed by atoms with van der Waals surface area (Å²) in [6.07, 6.45) is 6.70. The average molecular weight is 583 g/mol. The Morgan fingerprint density at radius 2 is 1.43 bits per heavy atom. The van der Waals surface area contributed by atoms with Crippen LogP contribution >= 0.6 is 0 Å². The van der Waals surface area contributed by atoms with Crippen molar-refractivity contribution >= 4 is 58.5 Å². The van der Waals surface area contributed by atoms with Gasteiger partial charge in [0.1, 0.15) is 0 Å². The van der Waals surface area contributed by atoms with Crippen molar-refractivity contribution in [2.45, 2.75) is 13.3 Å². The smallest absolute Gasteiger partial charge is 0.338 e. The Morgan fingerprint density at radius 1 is 0.881 bits per heavy atom. The summed E-state index contributed by atoms with van der Waals surface area (Å²) in [5.41, 5.74) is 10.2. The van der Waals surface area contributed by atoms with Gasteiger partial charge in [-0.1, -0.05) is 0 Å². The number of H-pyrrole nitrogens is 1. The molecule has 0 aliphatic heterocycles. The highest BCUT2D eigenvalue weighted by Crippen LogP contribution is 2.22. The number of aliphatic imine (C=N–C) groups is 1. The fourth-order valence-electron chi connectivity index (χ4n) is 3.00. The summed E-state index contributed by atoms with van der Waals surface area (Å²) in [5, 5.41) is 35.6. The van der Waals surface area contributed by atoms with Crippen LogP contribution in [-0.4, -0.2) is 74.7 Å². The first-order valence-corrected chi connectivity index (χ1v) is 12.1. The van der Waals surface area contributed by atoms with E-state index in [0.29, 0.717) is 43.0 Å². The summed E-state index contributed by atoms with van der Waals surface area (Å²) in [7, 11) is 0. The van der Waals surface area contributed by atoms with Gasteiger partial charge in [0, 0.05) is 47.1 Å². The predicted molar refractivity (Wildman–Crippen MR) is 154 cm³/mol. The van der Waals surface area contributed by atoms with Gasteiger partial charge in [-0.2, -0.15) is 0 Å². The first-order valence-electron chi connectivity index (χ1n) is 12.1. The van der Waals surface area contributed by atoms with Crippen LogP contribution in [-0.2, 0) is 30.3 Å². The molecule has 0 unspecified atom stereocenters. The molecule has 2 aromatic carbocycles. The Morgan fingerprint density at radius 3 is 1.90 bits per heavy atom. The molecule has 1 heterocycles. The molecule has 0 aliphatic rings. The van der Waals surface area contributed by atoms with E-state index < -0.39 is 23.9 Å². The molecule has 14 heteroatoms. The van der Waals surface area contributed by atoms with Gasteiger partial charge in [-0.05, 0) is 67.9 Å². The molecule has 222 valence electrons. The van der Waals surface area contributed by atoms with Gasteiger partial charge in [0.25, 0.3) is 0 Å². The molecule has 1 aromatic heterocycles. The van der Waals surface area contributed by atoms with Crippen LogP contribution in [0.15, 0.2) is 78.0 Å². The number of aromatic nitrogens is 1. The molecule has 0 atom stereocenters. The number of hydrogen-bond acceptors (Lipinski definition) is 8. The zero-order valence-electron chi connectivity index (χ0n) is 22.4. The minimum Gasteiger partial charge on any atom is -0.478 e. The molecule has 0 aliphatic carbocycles. The lowest BCUT2D eigenvalue weighted by Gasteiger charge is -2.03. The van der Waals surface area contributed by atoms with E-state index in [4.69, 9.17) is 30.9 Å². The van der Waals surface area contributed by atoms with Crippen molar-refractivity contribution in [2.75, 3.05) is 18.5 Å². The van der Waals surface area contributed by atoms with E-state index in [2.05, 4.69) is 21.4 Å². The van der Waals surface area contributed by atoms with Crippen molar-refractivity contribution < 1.29 is 49.1 Å². The van der Waals surface area contributed by atoms with Gasteiger partial charge in [-0.25, -0.2) is 29.0 Å². The highest BCUT2D eigenvalue weighted by Gasteiger charge is 2.05. The number of carboxylic acid groups (broad SMARTS) is 4. The molecule has 8 N–H and O–H groups in total.